The van der Waals surface area contributed by atoms with Gasteiger partial charge in [-0.15, -0.1) is 0 Å². The molecular weight excluding hydrogens is 254 g/mol. The highest BCUT2D eigenvalue weighted by Crippen LogP contribution is 2.42. The summed E-state index contributed by atoms with van der Waals surface area (Å²) in [5.41, 5.74) is 1.50. The van der Waals surface area contributed by atoms with Gasteiger partial charge in [0, 0.05) is 17.2 Å². The van der Waals surface area contributed by atoms with Crippen molar-refractivity contribution < 1.29 is 9.90 Å². The van der Waals surface area contributed by atoms with E-state index in [0.717, 1.165) is 11.3 Å². The summed E-state index contributed by atoms with van der Waals surface area (Å²) in [6, 6.07) is 9.13. The molecule has 0 amide bonds. The molecule has 4 heteroatoms. The Labute approximate surface area is 116 Å². The molecule has 0 unspecified atom stereocenters. The van der Waals surface area contributed by atoms with Gasteiger partial charge in [0.05, 0.1) is 5.69 Å². The minimum absolute atomic E-state index is 0.152. The lowest BCUT2D eigenvalue weighted by atomic mass is 9.83. The van der Waals surface area contributed by atoms with Crippen molar-refractivity contribution in [2.75, 3.05) is 0 Å². The molecule has 1 N–H and O–H groups in total. The average Bonchev–Trinajstić information content (AvgIpc) is 2.59. The molecule has 1 aliphatic rings. The summed E-state index contributed by atoms with van der Waals surface area (Å²) in [6.45, 7) is 5.28. The van der Waals surface area contributed by atoms with Crippen LogP contribution in [-0.4, -0.2) is 15.5 Å². The summed E-state index contributed by atoms with van der Waals surface area (Å²) < 4.78 is 1.53. The summed E-state index contributed by atoms with van der Waals surface area (Å²) in [5, 5.41) is 10.0. The second kappa shape index (κ2) is 3.82. The number of hydrogen-bond donors (Lipinski definition) is 1. The number of Topliss-reactive ketones (excluding diaryl/α,β-unsaturated/α-hetero) is 1. The van der Waals surface area contributed by atoms with Crippen LogP contribution in [0.15, 0.2) is 35.1 Å². The Bertz CT molecular complexity index is 800. The van der Waals surface area contributed by atoms with Gasteiger partial charge in [0.25, 0.3) is 5.56 Å². The van der Waals surface area contributed by atoms with Gasteiger partial charge < -0.3 is 5.11 Å². The largest absolute Gasteiger partial charge is 0.507 e. The number of pyridine rings is 1. The van der Waals surface area contributed by atoms with Crippen LogP contribution in [0.4, 0.5) is 0 Å². The van der Waals surface area contributed by atoms with Crippen LogP contribution < -0.4 is 5.56 Å². The molecular formula is C16H15NO3. The number of rotatable bonds is 1. The zero-order chi connectivity index (χ0) is 14.7. The van der Waals surface area contributed by atoms with E-state index in [1.54, 1.807) is 0 Å². The number of aromatic hydroxyl groups is 1. The molecule has 0 bridgehead atoms. The summed E-state index contributed by atoms with van der Waals surface area (Å²) in [6.07, 6.45) is 0. The SMILES string of the molecule is CC(=O)c1c(O)cc2n(c1=O)-c1ccccc1C2(C)C. The van der Waals surface area contributed by atoms with Gasteiger partial charge in [0.1, 0.15) is 11.3 Å². The summed E-state index contributed by atoms with van der Waals surface area (Å²) in [5.74, 6) is -0.667. The molecule has 2 heterocycles. The summed E-state index contributed by atoms with van der Waals surface area (Å²) >= 11 is 0. The van der Waals surface area contributed by atoms with E-state index < -0.39 is 11.3 Å². The Hall–Kier alpha value is -2.36. The fourth-order valence-electron chi connectivity index (χ4n) is 2.96. The van der Waals surface area contributed by atoms with Crippen molar-refractivity contribution in [3.8, 4) is 11.4 Å². The number of hydrogen-bond acceptors (Lipinski definition) is 3. The minimum Gasteiger partial charge on any atom is -0.507 e. The highest BCUT2D eigenvalue weighted by Gasteiger charge is 2.37. The third-order valence-corrected chi connectivity index (χ3v) is 4.00. The predicted molar refractivity (Wildman–Crippen MR) is 75.8 cm³/mol. The summed E-state index contributed by atoms with van der Waals surface area (Å²) in [4.78, 5) is 24.1. The van der Waals surface area contributed by atoms with Gasteiger partial charge in [-0.25, -0.2) is 0 Å². The fourth-order valence-corrected chi connectivity index (χ4v) is 2.96. The van der Waals surface area contributed by atoms with Gasteiger partial charge in [0.2, 0.25) is 0 Å². The quantitative estimate of drug-likeness (QED) is 0.809. The third-order valence-electron chi connectivity index (χ3n) is 4.00. The Morgan fingerprint density at radius 3 is 2.55 bits per heavy atom. The van der Waals surface area contributed by atoms with Crippen molar-refractivity contribution in [3.05, 3.63) is 57.5 Å². The van der Waals surface area contributed by atoms with E-state index >= 15 is 0 Å². The van der Waals surface area contributed by atoms with Gasteiger partial charge in [0.15, 0.2) is 5.78 Å². The molecule has 4 nitrogen and oxygen atoms in total. The standard InChI is InChI=1S/C16H15NO3/c1-9(18)14-12(19)8-13-16(2,3)10-6-4-5-7-11(10)17(13)15(14)20/h4-8,19H,1-3H3. The van der Waals surface area contributed by atoms with E-state index in [1.807, 2.05) is 38.1 Å². The number of ketones is 1. The first-order valence-corrected chi connectivity index (χ1v) is 6.46. The van der Waals surface area contributed by atoms with Crippen LogP contribution in [0.25, 0.3) is 5.69 Å². The van der Waals surface area contributed by atoms with E-state index in [0.29, 0.717) is 5.69 Å². The lowest BCUT2D eigenvalue weighted by molar-refractivity contribution is 0.101. The van der Waals surface area contributed by atoms with Crippen LogP contribution in [0.1, 0.15) is 42.4 Å². The Morgan fingerprint density at radius 2 is 1.90 bits per heavy atom. The van der Waals surface area contributed by atoms with Crippen LogP contribution in [0, 0.1) is 0 Å². The van der Waals surface area contributed by atoms with Crippen molar-refractivity contribution >= 4 is 5.78 Å². The smallest absolute Gasteiger partial charge is 0.270 e. The number of carbonyl (C=O) groups excluding carboxylic acids is 1. The summed E-state index contributed by atoms with van der Waals surface area (Å²) in [7, 11) is 0. The topological polar surface area (TPSA) is 59.3 Å². The number of nitrogens with zero attached hydrogens (tertiary/aromatic N) is 1. The molecule has 1 aromatic carbocycles. The van der Waals surface area contributed by atoms with E-state index in [2.05, 4.69) is 0 Å². The molecule has 0 fully saturated rings. The van der Waals surface area contributed by atoms with Gasteiger partial charge in [-0.2, -0.15) is 0 Å². The normalized spacial score (nSPS) is 14.8. The molecule has 20 heavy (non-hydrogen) atoms. The van der Waals surface area contributed by atoms with Crippen molar-refractivity contribution in [2.45, 2.75) is 26.2 Å². The molecule has 0 spiro atoms. The maximum atomic E-state index is 12.6. The highest BCUT2D eigenvalue weighted by molar-refractivity contribution is 5.96. The van der Waals surface area contributed by atoms with Crippen molar-refractivity contribution in [1.82, 2.24) is 4.57 Å². The van der Waals surface area contributed by atoms with Crippen LogP contribution >= 0.6 is 0 Å². The van der Waals surface area contributed by atoms with Crippen LogP contribution in [-0.2, 0) is 5.41 Å². The first-order chi connectivity index (χ1) is 9.35. The van der Waals surface area contributed by atoms with Crippen molar-refractivity contribution in [2.24, 2.45) is 0 Å². The van der Waals surface area contributed by atoms with E-state index in [-0.39, 0.29) is 16.7 Å². The first-order valence-electron chi connectivity index (χ1n) is 6.46. The zero-order valence-electron chi connectivity index (χ0n) is 11.6. The molecule has 0 aliphatic carbocycles. The lowest BCUT2D eigenvalue weighted by Gasteiger charge is -2.20. The Morgan fingerprint density at radius 1 is 1.25 bits per heavy atom. The molecule has 0 atom stereocenters. The lowest BCUT2D eigenvalue weighted by Crippen LogP contribution is -2.27. The molecule has 2 aromatic rings. The Kier molecular flexibility index (Phi) is 2.42. The van der Waals surface area contributed by atoms with Gasteiger partial charge in [-0.05, 0) is 18.6 Å². The van der Waals surface area contributed by atoms with Crippen LogP contribution in [0.2, 0.25) is 0 Å². The number of para-hydroxylation sites is 1. The maximum Gasteiger partial charge on any atom is 0.270 e. The molecule has 102 valence electrons. The van der Waals surface area contributed by atoms with Crippen molar-refractivity contribution in [3.63, 3.8) is 0 Å². The highest BCUT2D eigenvalue weighted by atomic mass is 16.3. The average molecular weight is 269 g/mol. The monoisotopic (exact) mass is 269 g/mol. The van der Waals surface area contributed by atoms with Crippen LogP contribution in [0.3, 0.4) is 0 Å². The zero-order valence-corrected chi connectivity index (χ0v) is 11.6. The number of aromatic nitrogens is 1. The molecule has 3 rings (SSSR count). The van der Waals surface area contributed by atoms with E-state index in [1.165, 1.54) is 17.6 Å². The third kappa shape index (κ3) is 1.42. The molecule has 0 saturated carbocycles. The second-order valence-corrected chi connectivity index (χ2v) is 5.63. The van der Waals surface area contributed by atoms with E-state index in [9.17, 15) is 14.7 Å². The fraction of sp³-hybridized carbons (Fsp3) is 0.250. The Balaban J connectivity index is 2.49. The molecule has 0 saturated heterocycles. The number of carbonyl (C=O) groups is 1. The predicted octanol–water partition coefficient (Wildman–Crippen LogP) is 2.39. The van der Waals surface area contributed by atoms with E-state index in [4.69, 9.17) is 0 Å². The minimum atomic E-state index is -0.453. The molecule has 1 aromatic heterocycles. The first kappa shape index (κ1) is 12.7. The number of benzene rings is 1. The van der Waals surface area contributed by atoms with Crippen molar-refractivity contribution in [1.29, 1.82) is 0 Å². The van der Waals surface area contributed by atoms with Crippen LogP contribution in [0.5, 0.6) is 5.75 Å². The number of fused-ring (bicyclic) bond motifs is 3. The second-order valence-electron chi connectivity index (χ2n) is 5.63. The van der Waals surface area contributed by atoms with Gasteiger partial charge >= 0.3 is 0 Å². The molecule has 0 radical (unpaired) electrons. The maximum absolute atomic E-state index is 12.6. The van der Waals surface area contributed by atoms with Gasteiger partial charge in [-0.3, -0.25) is 14.2 Å². The van der Waals surface area contributed by atoms with Gasteiger partial charge in [-0.1, -0.05) is 32.0 Å². The molecule has 1 aliphatic heterocycles.